The number of benzene rings is 1. The van der Waals surface area contributed by atoms with Gasteiger partial charge in [0.2, 0.25) is 6.10 Å². The molecular formula is C18H21NO2. The number of hydrogen-bond donors (Lipinski definition) is 0. The lowest BCUT2D eigenvalue weighted by molar-refractivity contribution is 0.0471. The van der Waals surface area contributed by atoms with Crippen LogP contribution in [0.25, 0.3) is 0 Å². The van der Waals surface area contributed by atoms with E-state index in [1.54, 1.807) is 30.3 Å². The Bertz CT molecular complexity index is 561. The Morgan fingerprint density at radius 2 is 1.95 bits per heavy atom. The van der Waals surface area contributed by atoms with Crippen molar-refractivity contribution in [2.45, 2.75) is 39.7 Å². The fourth-order valence-corrected chi connectivity index (χ4v) is 1.79. The number of rotatable bonds is 6. The quantitative estimate of drug-likeness (QED) is 0.573. The molecule has 0 amide bonds. The lowest BCUT2D eigenvalue weighted by atomic mass is 10.1. The number of hydrogen-bond acceptors (Lipinski definition) is 3. The van der Waals surface area contributed by atoms with Crippen molar-refractivity contribution in [3.63, 3.8) is 0 Å². The molecule has 0 heterocycles. The summed E-state index contributed by atoms with van der Waals surface area (Å²) in [6.07, 6.45) is 4.79. The first-order valence-corrected chi connectivity index (χ1v) is 6.99. The molecule has 0 N–H and O–H groups in total. The highest BCUT2D eigenvalue weighted by Gasteiger charge is 2.13. The molecule has 21 heavy (non-hydrogen) atoms. The molecule has 1 unspecified atom stereocenters. The largest absolute Gasteiger partial charge is 0.439 e. The van der Waals surface area contributed by atoms with Gasteiger partial charge in [0.25, 0.3) is 0 Å². The van der Waals surface area contributed by atoms with E-state index in [0.29, 0.717) is 5.56 Å². The normalized spacial score (nSPS) is 12.2. The maximum Gasteiger partial charge on any atom is 0.339 e. The maximum absolute atomic E-state index is 11.9. The third-order valence-corrected chi connectivity index (χ3v) is 2.90. The first kappa shape index (κ1) is 16.7. The predicted octanol–water partition coefficient (Wildman–Crippen LogP) is 4.43. The van der Waals surface area contributed by atoms with Crippen LogP contribution in [0, 0.1) is 11.3 Å². The minimum Gasteiger partial charge on any atom is -0.439 e. The average Bonchev–Trinajstić information content (AvgIpc) is 2.47. The molecule has 0 saturated heterocycles. The van der Waals surface area contributed by atoms with Crippen molar-refractivity contribution >= 4 is 5.97 Å². The molecule has 0 aromatic heterocycles. The van der Waals surface area contributed by atoms with Crippen molar-refractivity contribution < 1.29 is 9.53 Å². The highest BCUT2D eigenvalue weighted by atomic mass is 16.5. The second-order valence-electron chi connectivity index (χ2n) is 5.15. The van der Waals surface area contributed by atoms with Crippen molar-refractivity contribution in [3.05, 3.63) is 59.2 Å². The second kappa shape index (κ2) is 8.76. The van der Waals surface area contributed by atoms with Gasteiger partial charge in [0.05, 0.1) is 5.56 Å². The van der Waals surface area contributed by atoms with E-state index in [1.165, 1.54) is 5.57 Å². The van der Waals surface area contributed by atoms with Crippen molar-refractivity contribution in [3.8, 4) is 6.07 Å². The van der Waals surface area contributed by atoms with E-state index in [9.17, 15) is 4.79 Å². The average molecular weight is 283 g/mol. The summed E-state index contributed by atoms with van der Waals surface area (Å²) >= 11 is 0. The zero-order chi connectivity index (χ0) is 15.7. The van der Waals surface area contributed by atoms with Gasteiger partial charge in [-0.3, -0.25) is 0 Å². The fourth-order valence-electron chi connectivity index (χ4n) is 1.79. The summed E-state index contributed by atoms with van der Waals surface area (Å²) in [6.45, 7) is 6.05. The molecule has 0 bridgehead atoms. The molecule has 3 heteroatoms. The summed E-state index contributed by atoms with van der Waals surface area (Å²) in [5, 5.41) is 9.10. The number of carbonyl (C=O) groups excluding carboxylic acids is 1. The van der Waals surface area contributed by atoms with Crippen LogP contribution in [0.2, 0.25) is 0 Å². The highest BCUT2D eigenvalue weighted by Crippen LogP contribution is 2.10. The second-order valence-corrected chi connectivity index (χ2v) is 5.15. The Hall–Kier alpha value is -2.34. The van der Waals surface area contributed by atoms with Gasteiger partial charge >= 0.3 is 5.97 Å². The lowest BCUT2D eigenvalue weighted by Crippen LogP contribution is -2.14. The molecule has 1 rings (SSSR count). The van der Waals surface area contributed by atoms with Gasteiger partial charge in [-0.05, 0) is 51.8 Å². The minimum atomic E-state index is -0.843. The number of ether oxygens (including phenoxy) is 1. The molecule has 1 atom stereocenters. The number of carbonyl (C=O) groups is 1. The molecule has 0 aliphatic rings. The van der Waals surface area contributed by atoms with Gasteiger partial charge in [-0.25, -0.2) is 4.79 Å². The van der Waals surface area contributed by atoms with Crippen LogP contribution < -0.4 is 0 Å². The molecule has 3 nitrogen and oxygen atoms in total. The zero-order valence-electron chi connectivity index (χ0n) is 12.8. The number of nitrogens with zero attached hydrogens (tertiary/aromatic N) is 1. The van der Waals surface area contributed by atoms with Crippen LogP contribution in [0.5, 0.6) is 0 Å². The van der Waals surface area contributed by atoms with Gasteiger partial charge < -0.3 is 4.74 Å². The Kier molecular flexibility index (Phi) is 6.97. The van der Waals surface area contributed by atoms with Crippen LogP contribution in [0.4, 0.5) is 0 Å². The van der Waals surface area contributed by atoms with E-state index in [-0.39, 0.29) is 0 Å². The lowest BCUT2D eigenvalue weighted by Gasteiger charge is -2.08. The first-order chi connectivity index (χ1) is 10.0. The van der Waals surface area contributed by atoms with Crippen LogP contribution in [-0.4, -0.2) is 12.1 Å². The van der Waals surface area contributed by atoms with Gasteiger partial charge in [-0.15, -0.1) is 0 Å². The van der Waals surface area contributed by atoms with E-state index in [0.717, 1.165) is 18.4 Å². The van der Waals surface area contributed by atoms with Crippen molar-refractivity contribution in [1.29, 1.82) is 5.26 Å². The van der Waals surface area contributed by atoms with E-state index < -0.39 is 12.1 Å². The van der Waals surface area contributed by atoms with E-state index in [2.05, 4.69) is 19.9 Å². The highest BCUT2D eigenvalue weighted by molar-refractivity contribution is 5.89. The summed E-state index contributed by atoms with van der Waals surface area (Å²) in [6, 6.07) is 10.7. The number of allylic oxidation sites excluding steroid dienone is 3. The molecule has 0 fully saturated rings. The van der Waals surface area contributed by atoms with Gasteiger partial charge in [0.1, 0.15) is 6.07 Å². The minimum absolute atomic E-state index is 0.452. The summed E-state index contributed by atoms with van der Waals surface area (Å²) in [4.78, 5) is 11.9. The zero-order valence-corrected chi connectivity index (χ0v) is 12.8. The van der Waals surface area contributed by atoms with Crippen molar-refractivity contribution in [1.82, 2.24) is 0 Å². The van der Waals surface area contributed by atoms with Crippen LogP contribution in [0.1, 0.15) is 44.0 Å². The van der Waals surface area contributed by atoms with Crippen LogP contribution in [-0.2, 0) is 4.74 Å². The van der Waals surface area contributed by atoms with Gasteiger partial charge in [0.15, 0.2) is 0 Å². The smallest absolute Gasteiger partial charge is 0.339 e. The standard InChI is InChI=1S/C18H21NO2/c1-14(2)8-7-9-15(3)12-17(13-19)21-18(20)16-10-5-4-6-11-16/h4-6,8,10-12,17H,7,9H2,1-3H3/b15-12+. The third-order valence-electron chi connectivity index (χ3n) is 2.90. The van der Waals surface area contributed by atoms with Crippen molar-refractivity contribution in [2.75, 3.05) is 0 Å². The summed E-state index contributed by atoms with van der Waals surface area (Å²) in [5.41, 5.74) is 2.77. The summed E-state index contributed by atoms with van der Waals surface area (Å²) < 4.78 is 5.19. The van der Waals surface area contributed by atoms with E-state index in [4.69, 9.17) is 10.00 Å². The van der Waals surface area contributed by atoms with Gasteiger partial charge in [0, 0.05) is 0 Å². The monoisotopic (exact) mass is 283 g/mol. The van der Waals surface area contributed by atoms with Crippen molar-refractivity contribution in [2.24, 2.45) is 0 Å². The van der Waals surface area contributed by atoms with Gasteiger partial charge in [-0.1, -0.05) is 35.4 Å². The SMILES string of the molecule is CC(C)=CCC/C(C)=C/C(C#N)OC(=O)c1ccccc1. The Morgan fingerprint density at radius 1 is 1.29 bits per heavy atom. The Morgan fingerprint density at radius 3 is 2.52 bits per heavy atom. The Balaban J connectivity index is 2.61. The van der Waals surface area contributed by atoms with Crippen LogP contribution in [0.15, 0.2) is 53.6 Å². The van der Waals surface area contributed by atoms with E-state index >= 15 is 0 Å². The molecule has 0 spiro atoms. The molecular weight excluding hydrogens is 262 g/mol. The molecule has 110 valence electrons. The van der Waals surface area contributed by atoms with E-state index in [1.807, 2.05) is 19.1 Å². The molecule has 0 saturated carbocycles. The first-order valence-electron chi connectivity index (χ1n) is 6.99. The Labute approximate surface area is 126 Å². The predicted molar refractivity (Wildman–Crippen MR) is 83.7 cm³/mol. The molecule has 0 aliphatic heterocycles. The van der Waals surface area contributed by atoms with Crippen LogP contribution in [0.3, 0.4) is 0 Å². The third kappa shape index (κ3) is 6.58. The van der Waals surface area contributed by atoms with Crippen LogP contribution >= 0.6 is 0 Å². The topological polar surface area (TPSA) is 50.1 Å². The molecule has 1 aromatic rings. The molecule has 0 aliphatic carbocycles. The molecule has 0 radical (unpaired) electrons. The summed E-state index contributed by atoms with van der Waals surface area (Å²) in [5.74, 6) is -0.476. The summed E-state index contributed by atoms with van der Waals surface area (Å²) in [7, 11) is 0. The van der Waals surface area contributed by atoms with Gasteiger partial charge in [-0.2, -0.15) is 5.26 Å². The molecule has 1 aromatic carbocycles. The fraction of sp³-hybridized carbons (Fsp3) is 0.333. The number of esters is 1. The number of nitriles is 1. The maximum atomic E-state index is 11.9.